The van der Waals surface area contributed by atoms with Gasteiger partial charge in [0.2, 0.25) is 0 Å². The second-order valence-corrected chi connectivity index (χ2v) is 4.91. The van der Waals surface area contributed by atoms with E-state index in [-0.39, 0.29) is 11.2 Å². The van der Waals surface area contributed by atoms with Crippen molar-refractivity contribution in [2.24, 2.45) is 5.41 Å². The van der Waals surface area contributed by atoms with E-state index in [9.17, 15) is 9.59 Å². The van der Waals surface area contributed by atoms with Crippen molar-refractivity contribution in [1.82, 2.24) is 4.90 Å². The molecule has 0 aromatic heterocycles. The number of nitrogens with zero attached hydrogens (tertiary/aromatic N) is 1. The van der Waals surface area contributed by atoms with Gasteiger partial charge in [-0.25, -0.2) is 4.79 Å². The van der Waals surface area contributed by atoms with Gasteiger partial charge in [-0.1, -0.05) is 34.6 Å². The summed E-state index contributed by atoms with van der Waals surface area (Å²) in [6.45, 7) is 13.2. The van der Waals surface area contributed by atoms with Crippen molar-refractivity contribution in [1.29, 1.82) is 0 Å². The van der Waals surface area contributed by atoms with Crippen molar-refractivity contribution in [3.8, 4) is 0 Å². The summed E-state index contributed by atoms with van der Waals surface area (Å²) in [5, 5.41) is 0. The third-order valence-corrected chi connectivity index (χ3v) is 3.48. The van der Waals surface area contributed by atoms with E-state index in [0.29, 0.717) is 0 Å². The quantitative estimate of drug-likeness (QED) is 0.784. The molecule has 1 saturated carbocycles. The van der Waals surface area contributed by atoms with Gasteiger partial charge in [-0.15, -0.1) is 0 Å². The fourth-order valence-electron chi connectivity index (χ4n) is 1.55. The molecule has 1 aliphatic carbocycles. The van der Waals surface area contributed by atoms with Crippen LogP contribution in [-0.2, 0) is 9.53 Å². The lowest BCUT2D eigenvalue weighted by molar-refractivity contribution is -0.141. The highest BCUT2D eigenvalue weighted by Crippen LogP contribution is 2.55. The van der Waals surface area contributed by atoms with Gasteiger partial charge in [0, 0.05) is 19.5 Å². The summed E-state index contributed by atoms with van der Waals surface area (Å²) < 4.78 is 5.33. The monoisotopic (exact) mass is 273 g/mol. The minimum atomic E-state index is -0.978. The number of Topliss-reactive ketones (excluding diaryl/α,β-unsaturated/α-hetero) is 1. The second-order valence-electron chi connectivity index (χ2n) is 4.91. The Morgan fingerprint density at radius 3 is 1.68 bits per heavy atom. The van der Waals surface area contributed by atoms with E-state index in [1.807, 2.05) is 34.6 Å². The zero-order valence-corrected chi connectivity index (χ0v) is 14.1. The van der Waals surface area contributed by atoms with Crippen LogP contribution in [0.25, 0.3) is 0 Å². The Hall–Kier alpha value is -1.06. The van der Waals surface area contributed by atoms with Crippen molar-refractivity contribution in [3.63, 3.8) is 0 Å². The van der Waals surface area contributed by atoms with Gasteiger partial charge in [0.15, 0.2) is 11.4 Å². The summed E-state index contributed by atoms with van der Waals surface area (Å²) in [4.78, 5) is 24.4. The second kappa shape index (κ2) is 8.18. The molecule has 1 atom stereocenters. The first-order chi connectivity index (χ1) is 8.73. The Bertz CT molecular complexity index is 296. The van der Waals surface area contributed by atoms with Crippen molar-refractivity contribution in [3.05, 3.63) is 0 Å². The molecule has 0 aliphatic heterocycles. The number of hydrogen-bond acceptors (Lipinski definition) is 3. The van der Waals surface area contributed by atoms with E-state index in [2.05, 4.69) is 0 Å². The Morgan fingerprint density at radius 2 is 1.47 bits per heavy atom. The maximum atomic E-state index is 11.6. The maximum Gasteiger partial charge on any atom is 0.410 e. The average Bonchev–Trinajstić information content (AvgIpc) is 3.13. The smallest absolute Gasteiger partial charge is 0.410 e. The molecule has 0 aromatic rings. The van der Waals surface area contributed by atoms with Crippen LogP contribution in [0.15, 0.2) is 0 Å². The van der Waals surface area contributed by atoms with Crippen LogP contribution >= 0.6 is 0 Å². The fraction of sp³-hybridized carbons (Fsp3) is 0.867. The summed E-state index contributed by atoms with van der Waals surface area (Å²) in [7, 11) is 3.22. The van der Waals surface area contributed by atoms with Crippen LogP contribution in [-0.4, -0.2) is 36.5 Å². The number of carbonyl (C=O) groups excluding carboxylic acids is 2. The first-order valence-electron chi connectivity index (χ1n) is 7.14. The van der Waals surface area contributed by atoms with Gasteiger partial charge >= 0.3 is 6.09 Å². The summed E-state index contributed by atoms with van der Waals surface area (Å²) >= 11 is 0. The molecule has 1 fully saturated rings. The number of ketones is 1. The Kier molecular flexibility index (Phi) is 8.72. The lowest BCUT2D eigenvalue weighted by Gasteiger charge is -2.34. The molecule has 0 aromatic carbocycles. The minimum absolute atomic E-state index is 0.0855. The molecule has 4 nitrogen and oxygen atoms in total. The largest absolute Gasteiger partial charge is 0.435 e. The van der Waals surface area contributed by atoms with E-state index in [4.69, 9.17) is 4.74 Å². The third kappa shape index (κ3) is 4.84. The van der Waals surface area contributed by atoms with Crippen LogP contribution in [0.2, 0.25) is 0 Å². The highest BCUT2D eigenvalue weighted by Gasteiger charge is 2.58. The van der Waals surface area contributed by atoms with Gasteiger partial charge in [0.05, 0.1) is 0 Å². The normalized spacial score (nSPS) is 17.5. The molecule has 19 heavy (non-hydrogen) atoms. The predicted octanol–water partition coefficient (Wildman–Crippen LogP) is 3.88. The molecule has 0 N–H and O–H groups in total. The minimum Gasteiger partial charge on any atom is -0.435 e. The van der Waals surface area contributed by atoms with Crippen LogP contribution < -0.4 is 0 Å². The molecular formula is C15H31NO3. The molecule has 0 spiro atoms. The van der Waals surface area contributed by atoms with E-state index < -0.39 is 11.7 Å². The summed E-state index contributed by atoms with van der Waals surface area (Å²) in [6, 6.07) is 0. The summed E-state index contributed by atoms with van der Waals surface area (Å²) in [5.41, 5.74) is -1.15. The number of amides is 1. The van der Waals surface area contributed by atoms with Crippen LogP contribution in [0, 0.1) is 5.41 Å². The van der Waals surface area contributed by atoms with Gasteiger partial charge in [0.1, 0.15) is 0 Å². The van der Waals surface area contributed by atoms with Crippen LogP contribution in [0.1, 0.15) is 61.3 Å². The van der Waals surface area contributed by atoms with E-state index in [1.165, 1.54) is 11.8 Å². The highest BCUT2D eigenvalue weighted by atomic mass is 16.6. The summed E-state index contributed by atoms with van der Waals surface area (Å²) in [6.07, 6.45) is 1.41. The van der Waals surface area contributed by atoms with E-state index in [0.717, 1.165) is 12.8 Å². The van der Waals surface area contributed by atoms with Crippen molar-refractivity contribution < 1.29 is 14.3 Å². The van der Waals surface area contributed by atoms with Gasteiger partial charge in [-0.2, -0.15) is 0 Å². The van der Waals surface area contributed by atoms with Crippen LogP contribution in [0.3, 0.4) is 0 Å². The molecule has 1 aliphatic rings. The average molecular weight is 273 g/mol. The molecule has 0 unspecified atom stereocenters. The molecule has 114 valence electrons. The van der Waals surface area contributed by atoms with Gasteiger partial charge < -0.3 is 9.64 Å². The van der Waals surface area contributed by atoms with Crippen LogP contribution in [0.5, 0.6) is 0 Å². The van der Waals surface area contributed by atoms with Crippen molar-refractivity contribution in [2.45, 2.75) is 66.9 Å². The molecular weight excluding hydrogens is 242 g/mol. The maximum absolute atomic E-state index is 11.6. The Morgan fingerprint density at radius 1 is 1.11 bits per heavy atom. The topological polar surface area (TPSA) is 46.6 Å². The van der Waals surface area contributed by atoms with Crippen molar-refractivity contribution in [2.75, 3.05) is 14.1 Å². The zero-order chi connectivity index (χ0) is 15.9. The fourth-order valence-corrected chi connectivity index (χ4v) is 1.55. The number of ether oxygens (including phenoxy) is 1. The first kappa shape index (κ1) is 20.3. The lowest BCUT2D eigenvalue weighted by atomic mass is 9.84. The number of hydrogen-bond donors (Lipinski definition) is 0. The van der Waals surface area contributed by atoms with Crippen molar-refractivity contribution >= 4 is 11.9 Å². The van der Waals surface area contributed by atoms with Gasteiger partial charge in [-0.3, -0.25) is 4.79 Å². The molecule has 0 saturated heterocycles. The predicted molar refractivity (Wildman–Crippen MR) is 79.3 cm³/mol. The van der Waals surface area contributed by atoms with Gasteiger partial charge in [-0.05, 0) is 26.7 Å². The van der Waals surface area contributed by atoms with Gasteiger partial charge in [0.25, 0.3) is 0 Å². The SMILES string of the molecule is CC.CC.CC(=O)[C@](C)(OC(=O)N(C)C)C1(C)CC1. The Labute approximate surface area is 118 Å². The standard InChI is InChI=1S/C11H19NO3.2C2H6/c1-8(13)11(3,10(2)6-7-10)15-9(14)12(4)5;2*1-2/h6-7H2,1-5H3;2*1-2H3/t11-;;/m0../s1. The number of rotatable bonds is 3. The number of carbonyl (C=O) groups is 2. The van der Waals surface area contributed by atoms with Crippen LogP contribution in [0.4, 0.5) is 4.79 Å². The lowest BCUT2D eigenvalue weighted by Crippen LogP contribution is -2.48. The van der Waals surface area contributed by atoms with E-state index in [1.54, 1.807) is 21.0 Å². The molecule has 0 heterocycles. The molecule has 0 radical (unpaired) electrons. The molecule has 1 rings (SSSR count). The third-order valence-electron chi connectivity index (χ3n) is 3.48. The molecule has 0 bridgehead atoms. The summed E-state index contributed by atoms with van der Waals surface area (Å²) in [5.74, 6) is -0.0855. The zero-order valence-electron chi connectivity index (χ0n) is 14.1. The van der Waals surface area contributed by atoms with E-state index >= 15 is 0 Å². The highest BCUT2D eigenvalue weighted by molar-refractivity contribution is 5.88. The Balaban J connectivity index is 0. The molecule has 1 amide bonds. The first-order valence-corrected chi connectivity index (χ1v) is 7.14. The molecule has 4 heteroatoms.